The van der Waals surface area contributed by atoms with E-state index in [1.54, 1.807) is 0 Å². The Morgan fingerprint density at radius 2 is 2.05 bits per heavy atom. The van der Waals surface area contributed by atoms with Crippen molar-refractivity contribution in [3.63, 3.8) is 0 Å². The van der Waals surface area contributed by atoms with Crippen LogP contribution in [0.3, 0.4) is 0 Å². The second-order valence-electron chi connectivity index (χ2n) is 4.42. The first-order valence-corrected chi connectivity index (χ1v) is 7.69. The van der Waals surface area contributed by atoms with Crippen LogP contribution >= 0.6 is 0 Å². The van der Waals surface area contributed by atoms with Gasteiger partial charge in [-0.1, -0.05) is 6.92 Å². The zero-order valence-corrected chi connectivity index (χ0v) is 11.9. The van der Waals surface area contributed by atoms with Gasteiger partial charge in [0.25, 0.3) is 9.84 Å². The summed E-state index contributed by atoms with van der Waals surface area (Å²) in [5.41, 5.74) is -5.35. The molecule has 0 unspecified atom stereocenters. The van der Waals surface area contributed by atoms with E-state index >= 15 is 0 Å². The van der Waals surface area contributed by atoms with Gasteiger partial charge in [-0.15, -0.1) is 0 Å². The molecule has 1 aliphatic heterocycles. The van der Waals surface area contributed by atoms with Crippen molar-refractivity contribution in [1.82, 2.24) is 5.32 Å². The fourth-order valence-electron chi connectivity index (χ4n) is 1.80. The van der Waals surface area contributed by atoms with Crippen LogP contribution in [0.4, 0.5) is 13.2 Å². The molecule has 9 heteroatoms. The van der Waals surface area contributed by atoms with Crippen LogP contribution in [-0.2, 0) is 9.84 Å². The predicted molar refractivity (Wildman–Crippen MR) is 68.1 cm³/mol. The van der Waals surface area contributed by atoms with Gasteiger partial charge < -0.3 is 14.8 Å². The van der Waals surface area contributed by atoms with Crippen molar-refractivity contribution in [3.05, 3.63) is 18.2 Å². The van der Waals surface area contributed by atoms with Gasteiger partial charge in [-0.3, -0.25) is 0 Å². The maximum absolute atomic E-state index is 12.5. The highest BCUT2D eigenvalue weighted by Crippen LogP contribution is 2.37. The monoisotopic (exact) mass is 325 g/mol. The quantitative estimate of drug-likeness (QED) is 0.913. The van der Waals surface area contributed by atoms with Gasteiger partial charge >= 0.3 is 5.51 Å². The van der Waals surface area contributed by atoms with Crippen molar-refractivity contribution in [2.45, 2.75) is 23.4 Å². The van der Waals surface area contributed by atoms with Crippen LogP contribution in [0.5, 0.6) is 11.5 Å². The third-order valence-corrected chi connectivity index (χ3v) is 4.35. The first kappa shape index (κ1) is 15.9. The Morgan fingerprint density at radius 1 is 1.33 bits per heavy atom. The van der Waals surface area contributed by atoms with Gasteiger partial charge in [0, 0.05) is 12.6 Å². The first-order chi connectivity index (χ1) is 9.75. The van der Waals surface area contributed by atoms with Crippen LogP contribution in [0.15, 0.2) is 23.1 Å². The van der Waals surface area contributed by atoms with Crippen LogP contribution in [0.2, 0.25) is 0 Å². The second kappa shape index (κ2) is 5.72. The summed E-state index contributed by atoms with van der Waals surface area (Å²) in [7, 11) is -5.40. The van der Waals surface area contributed by atoms with E-state index in [9.17, 15) is 21.6 Å². The summed E-state index contributed by atoms with van der Waals surface area (Å²) in [4.78, 5) is -0.860. The normalized spacial score (nSPS) is 18.6. The molecule has 1 aliphatic rings. The SMILES string of the molecule is CCNC[C@H]1COc2ccc(S(=O)(=O)C(F)(F)F)cc2O1. The number of halogens is 3. The van der Waals surface area contributed by atoms with Crippen molar-refractivity contribution >= 4 is 9.84 Å². The van der Waals surface area contributed by atoms with E-state index in [1.807, 2.05) is 6.92 Å². The van der Waals surface area contributed by atoms with Crippen molar-refractivity contribution in [2.24, 2.45) is 0 Å². The van der Waals surface area contributed by atoms with Gasteiger partial charge in [0.1, 0.15) is 12.7 Å². The molecule has 0 spiro atoms. The Balaban J connectivity index is 2.27. The minimum atomic E-state index is -5.40. The number of rotatable bonds is 4. The lowest BCUT2D eigenvalue weighted by atomic mass is 10.2. The molecule has 1 atom stereocenters. The maximum atomic E-state index is 12.5. The van der Waals surface area contributed by atoms with E-state index in [0.717, 1.165) is 18.2 Å². The molecular formula is C12H14F3NO4S. The number of sulfone groups is 1. The Hall–Kier alpha value is -1.48. The summed E-state index contributed by atoms with van der Waals surface area (Å²) in [6.45, 7) is 3.29. The summed E-state index contributed by atoms with van der Waals surface area (Å²) in [6.07, 6.45) is -0.388. The zero-order chi connectivity index (χ0) is 15.7. The Kier molecular flexibility index (Phi) is 4.33. The van der Waals surface area contributed by atoms with Gasteiger partial charge in [0.15, 0.2) is 11.5 Å². The van der Waals surface area contributed by atoms with Crippen molar-refractivity contribution in [1.29, 1.82) is 0 Å². The van der Waals surface area contributed by atoms with Crippen LogP contribution in [-0.4, -0.2) is 39.7 Å². The average Bonchev–Trinajstić information content (AvgIpc) is 2.43. The highest BCUT2D eigenvalue weighted by molar-refractivity contribution is 7.92. The second-order valence-corrected chi connectivity index (χ2v) is 6.36. The Bertz CT molecular complexity index is 615. The van der Waals surface area contributed by atoms with Gasteiger partial charge in [-0.2, -0.15) is 13.2 Å². The average molecular weight is 325 g/mol. The largest absolute Gasteiger partial charge is 0.501 e. The molecule has 118 valence electrons. The smallest absolute Gasteiger partial charge is 0.486 e. The molecule has 0 aliphatic carbocycles. The molecule has 21 heavy (non-hydrogen) atoms. The molecule has 1 N–H and O–H groups in total. The molecule has 5 nitrogen and oxygen atoms in total. The number of likely N-dealkylation sites (N-methyl/N-ethyl adjacent to an activating group) is 1. The fourth-order valence-corrected chi connectivity index (χ4v) is 2.58. The molecule has 1 heterocycles. The van der Waals surface area contributed by atoms with Crippen LogP contribution in [0.1, 0.15) is 6.92 Å². The predicted octanol–water partition coefficient (Wildman–Crippen LogP) is 1.73. The van der Waals surface area contributed by atoms with Gasteiger partial charge in [0.05, 0.1) is 4.90 Å². The lowest BCUT2D eigenvalue weighted by Gasteiger charge is -2.27. The molecule has 0 bridgehead atoms. The lowest BCUT2D eigenvalue weighted by Crippen LogP contribution is -2.38. The lowest BCUT2D eigenvalue weighted by molar-refractivity contribution is -0.0436. The van der Waals surface area contributed by atoms with E-state index in [0.29, 0.717) is 13.1 Å². The van der Waals surface area contributed by atoms with Gasteiger partial charge in [-0.05, 0) is 18.7 Å². The van der Waals surface area contributed by atoms with Gasteiger partial charge in [0.2, 0.25) is 0 Å². The molecule has 2 rings (SSSR count). The number of nitrogens with one attached hydrogen (secondary N) is 1. The highest BCUT2D eigenvalue weighted by Gasteiger charge is 2.47. The van der Waals surface area contributed by atoms with Crippen molar-refractivity contribution in [2.75, 3.05) is 19.7 Å². The molecular weight excluding hydrogens is 311 g/mol. The number of hydrogen-bond acceptors (Lipinski definition) is 5. The Labute approximate surface area is 120 Å². The minimum absolute atomic E-state index is 0.00511. The minimum Gasteiger partial charge on any atom is -0.486 e. The van der Waals surface area contributed by atoms with E-state index in [-0.39, 0.29) is 24.2 Å². The maximum Gasteiger partial charge on any atom is 0.501 e. The van der Waals surface area contributed by atoms with Crippen LogP contribution in [0.25, 0.3) is 0 Å². The molecule has 0 fully saturated rings. The van der Waals surface area contributed by atoms with Crippen LogP contribution in [0, 0.1) is 0 Å². The first-order valence-electron chi connectivity index (χ1n) is 6.21. The number of fused-ring (bicyclic) bond motifs is 1. The van der Waals surface area contributed by atoms with Crippen LogP contribution < -0.4 is 14.8 Å². The van der Waals surface area contributed by atoms with Crippen molar-refractivity contribution in [3.8, 4) is 11.5 Å². The standard InChI is InChI=1S/C12H14F3NO4S/c1-2-16-6-8-7-19-10-4-3-9(5-11(10)20-8)21(17,18)12(13,14)15/h3-5,8,16H,2,6-7H2,1H3/t8-/m0/s1. The number of benzene rings is 1. The summed E-state index contributed by atoms with van der Waals surface area (Å²) in [5, 5.41) is 3.01. The third-order valence-electron chi connectivity index (χ3n) is 2.87. The van der Waals surface area contributed by atoms with E-state index in [4.69, 9.17) is 9.47 Å². The highest BCUT2D eigenvalue weighted by atomic mass is 32.2. The van der Waals surface area contributed by atoms with E-state index in [1.165, 1.54) is 0 Å². The summed E-state index contributed by atoms with van der Waals surface area (Å²) in [5.74, 6) is 0.221. The van der Waals surface area contributed by atoms with E-state index < -0.39 is 20.2 Å². The fraction of sp³-hybridized carbons (Fsp3) is 0.500. The molecule has 0 aromatic heterocycles. The molecule has 0 saturated heterocycles. The number of alkyl halides is 3. The number of hydrogen-bond donors (Lipinski definition) is 1. The van der Waals surface area contributed by atoms with Crippen molar-refractivity contribution < 1.29 is 31.1 Å². The summed E-state index contributed by atoms with van der Waals surface area (Å²) < 4.78 is 71.1. The third kappa shape index (κ3) is 3.24. The van der Waals surface area contributed by atoms with E-state index in [2.05, 4.69) is 5.32 Å². The molecule has 0 amide bonds. The summed E-state index contributed by atoms with van der Waals surface area (Å²) >= 11 is 0. The molecule has 0 radical (unpaired) electrons. The Morgan fingerprint density at radius 3 is 2.67 bits per heavy atom. The number of ether oxygens (including phenoxy) is 2. The topological polar surface area (TPSA) is 64.6 Å². The zero-order valence-electron chi connectivity index (χ0n) is 11.1. The molecule has 1 aromatic carbocycles. The molecule has 1 aromatic rings. The molecule has 0 saturated carbocycles. The summed E-state index contributed by atoms with van der Waals surface area (Å²) in [6, 6.07) is 2.86. The van der Waals surface area contributed by atoms with Gasteiger partial charge in [-0.25, -0.2) is 8.42 Å².